The molecule has 2 aromatic heterocycles. The lowest BCUT2D eigenvalue weighted by atomic mass is 10.1. The van der Waals surface area contributed by atoms with Crippen molar-refractivity contribution in [2.45, 2.75) is 18.9 Å². The maximum atomic E-state index is 14.1. The molecule has 1 aromatic carbocycles. The first-order valence-corrected chi connectivity index (χ1v) is 13.4. The number of likely N-dealkylation sites (tertiary alicyclic amines) is 1. The number of carbonyl (C=O) groups excluding carboxylic acids is 1. The zero-order valence-electron chi connectivity index (χ0n) is 21.6. The second kappa shape index (κ2) is 11.4. The van der Waals surface area contributed by atoms with Crippen LogP contribution in [0, 0.1) is 0 Å². The number of halogens is 2. The average Bonchev–Trinajstić information content (AvgIpc) is 3.35. The Morgan fingerprint density at radius 1 is 1.00 bits per heavy atom. The number of alkyl halides is 2. The van der Waals surface area contributed by atoms with Gasteiger partial charge >= 0.3 is 0 Å². The third-order valence-corrected chi connectivity index (χ3v) is 7.34. The molecule has 11 nitrogen and oxygen atoms in total. The van der Waals surface area contributed by atoms with Gasteiger partial charge in [-0.15, -0.1) is 0 Å². The molecule has 6 rings (SSSR count). The molecule has 0 spiro atoms. The van der Waals surface area contributed by atoms with Crippen molar-refractivity contribution < 1.29 is 23.0 Å². The summed E-state index contributed by atoms with van der Waals surface area (Å²) in [4.78, 5) is 32.3. The van der Waals surface area contributed by atoms with Crippen molar-refractivity contribution in [3.05, 3.63) is 36.2 Å². The summed E-state index contributed by atoms with van der Waals surface area (Å²) in [6, 6.07) is 8.70. The van der Waals surface area contributed by atoms with Gasteiger partial charge in [0.15, 0.2) is 5.82 Å². The predicted octanol–water partition coefficient (Wildman–Crippen LogP) is 1.93. The highest BCUT2D eigenvalue weighted by molar-refractivity contribution is 5.79. The molecule has 208 valence electrons. The molecule has 1 amide bonds. The Hall–Kier alpha value is -3.42. The average molecular weight is 543 g/mol. The maximum Gasteiger partial charge on any atom is 0.296 e. The van der Waals surface area contributed by atoms with E-state index < -0.39 is 6.43 Å². The van der Waals surface area contributed by atoms with Crippen LogP contribution in [0.1, 0.15) is 18.7 Å². The second-order valence-electron chi connectivity index (χ2n) is 9.95. The van der Waals surface area contributed by atoms with Crippen LogP contribution in [0.4, 0.5) is 20.5 Å². The minimum atomic E-state index is -2.78. The first-order chi connectivity index (χ1) is 19.0. The van der Waals surface area contributed by atoms with Gasteiger partial charge in [0, 0.05) is 58.3 Å². The lowest BCUT2D eigenvalue weighted by molar-refractivity contribution is -0.135. The smallest absolute Gasteiger partial charge is 0.296 e. The standard InChI is InChI=1S/C26H32F2N8O3/c27-24(28)25-30-19-3-1-2-4-20(19)36(25)22-15-21(31-26(32-22)34-9-13-39-14-10-34)29-18-16-35(17-18)23(37)5-6-33-7-11-38-12-8-33/h1-4,15,18,24H,5-14,16-17H2,(H,29,31,32). The first kappa shape index (κ1) is 25.8. The molecular formula is C26H32F2N8O3. The van der Waals surface area contributed by atoms with Gasteiger partial charge in [-0.25, -0.2) is 13.8 Å². The van der Waals surface area contributed by atoms with E-state index in [2.05, 4.69) is 20.2 Å². The van der Waals surface area contributed by atoms with Gasteiger partial charge in [0.25, 0.3) is 6.43 Å². The lowest BCUT2D eigenvalue weighted by Gasteiger charge is -2.40. The van der Waals surface area contributed by atoms with Gasteiger partial charge in [0.2, 0.25) is 11.9 Å². The molecule has 0 radical (unpaired) electrons. The Morgan fingerprint density at radius 3 is 2.46 bits per heavy atom. The number of anilines is 2. The molecule has 0 atom stereocenters. The van der Waals surface area contributed by atoms with Crippen LogP contribution in [-0.2, 0) is 14.3 Å². The summed E-state index contributed by atoms with van der Waals surface area (Å²) in [6.45, 7) is 7.28. The van der Waals surface area contributed by atoms with Crippen LogP contribution in [-0.4, -0.2) is 114 Å². The maximum absolute atomic E-state index is 14.1. The van der Waals surface area contributed by atoms with E-state index in [1.807, 2.05) is 9.80 Å². The van der Waals surface area contributed by atoms with Gasteiger partial charge in [-0.2, -0.15) is 9.97 Å². The number of aromatic nitrogens is 4. The SMILES string of the molecule is O=C(CCN1CCOCC1)N1CC(Nc2cc(-n3c(C(F)F)nc4ccccc43)nc(N3CCOCC3)n2)C1. The van der Waals surface area contributed by atoms with E-state index in [4.69, 9.17) is 14.5 Å². The largest absolute Gasteiger partial charge is 0.379 e. The highest BCUT2D eigenvalue weighted by Gasteiger charge is 2.31. The normalized spacial score (nSPS) is 19.1. The van der Waals surface area contributed by atoms with Crippen molar-refractivity contribution in [2.75, 3.05) is 82.5 Å². The molecule has 5 heterocycles. The number of ether oxygens (including phenoxy) is 2. The van der Waals surface area contributed by atoms with E-state index in [0.717, 1.165) is 19.6 Å². The van der Waals surface area contributed by atoms with Crippen molar-refractivity contribution in [3.8, 4) is 5.82 Å². The Morgan fingerprint density at radius 2 is 1.72 bits per heavy atom. The predicted molar refractivity (Wildman–Crippen MR) is 141 cm³/mol. The van der Waals surface area contributed by atoms with Gasteiger partial charge in [0.1, 0.15) is 11.6 Å². The number of nitrogens with one attached hydrogen (secondary N) is 1. The van der Waals surface area contributed by atoms with Gasteiger partial charge in [-0.3, -0.25) is 14.3 Å². The molecule has 13 heteroatoms. The van der Waals surface area contributed by atoms with Gasteiger partial charge in [0.05, 0.1) is 43.5 Å². The van der Waals surface area contributed by atoms with Crippen LogP contribution in [0.25, 0.3) is 16.9 Å². The number of benzene rings is 1. The summed E-state index contributed by atoms with van der Waals surface area (Å²) >= 11 is 0. The summed E-state index contributed by atoms with van der Waals surface area (Å²) in [5, 5.41) is 3.40. The summed E-state index contributed by atoms with van der Waals surface area (Å²) in [5.74, 6) is 1.03. The fraction of sp³-hybridized carbons (Fsp3) is 0.538. The molecular weight excluding hydrogens is 510 g/mol. The van der Waals surface area contributed by atoms with Crippen molar-refractivity contribution in [1.82, 2.24) is 29.3 Å². The molecule has 0 saturated carbocycles. The molecule has 3 aliphatic heterocycles. The summed E-state index contributed by atoms with van der Waals surface area (Å²) < 4.78 is 40.4. The zero-order chi connectivity index (χ0) is 26.8. The van der Waals surface area contributed by atoms with Crippen LogP contribution in [0.2, 0.25) is 0 Å². The van der Waals surface area contributed by atoms with Crippen molar-refractivity contribution in [2.24, 2.45) is 0 Å². The van der Waals surface area contributed by atoms with Gasteiger partial charge < -0.3 is 24.6 Å². The monoisotopic (exact) mass is 542 g/mol. The molecule has 3 aliphatic rings. The number of imidazole rings is 1. The molecule has 39 heavy (non-hydrogen) atoms. The van der Waals surface area contributed by atoms with Crippen LogP contribution < -0.4 is 10.2 Å². The highest BCUT2D eigenvalue weighted by Crippen LogP contribution is 2.29. The number of hydrogen-bond donors (Lipinski definition) is 1. The van der Waals surface area contributed by atoms with Crippen molar-refractivity contribution >= 4 is 28.7 Å². The van der Waals surface area contributed by atoms with Crippen LogP contribution in [0.5, 0.6) is 0 Å². The van der Waals surface area contributed by atoms with Crippen molar-refractivity contribution in [1.29, 1.82) is 0 Å². The van der Waals surface area contributed by atoms with Gasteiger partial charge in [-0.05, 0) is 12.1 Å². The minimum Gasteiger partial charge on any atom is -0.379 e. The van der Waals surface area contributed by atoms with E-state index in [1.54, 1.807) is 30.3 Å². The molecule has 0 bridgehead atoms. The number of amides is 1. The second-order valence-corrected chi connectivity index (χ2v) is 9.95. The van der Waals surface area contributed by atoms with Crippen LogP contribution in [0.15, 0.2) is 30.3 Å². The molecule has 3 saturated heterocycles. The number of rotatable bonds is 8. The summed E-state index contributed by atoms with van der Waals surface area (Å²) in [5.41, 5.74) is 1.02. The number of carbonyl (C=O) groups is 1. The molecule has 0 aliphatic carbocycles. The zero-order valence-corrected chi connectivity index (χ0v) is 21.6. The van der Waals surface area contributed by atoms with Crippen LogP contribution in [0.3, 0.4) is 0 Å². The third kappa shape index (κ3) is 5.65. The topological polar surface area (TPSA) is 101 Å². The van der Waals surface area contributed by atoms with Crippen LogP contribution >= 0.6 is 0 Å². The number of fused-ring (bicyclic) bond motifs is 1. The number of morpholine rings is 2. The van der Waals surface area contributed by atoms with E-state index in [0.29, 0.717) is 87.6 Å². The summed E-state index contributed by atoms with van der Waals surface area (Å²) in [7, 11) is 0. The quantitative estimate of drug-likeness (QED) is 0.458. The molecule has 3 aromatic rings. The molecule has 0 unspecified atom stereocenters. The Balaban J connectivity index is 1.21. The Labute approximate surface area is 224 Å². The summed E-state index contributed by atoms with van der Waals surface area (Å²) in [6.07, 6.45) is -2.30. The van der Waals surface area contributed by atoms with E-state index in [9.17, 15) is 13.6 Å². The Bertz CT molecular complexity index is 1300. The fourth-order valence-electron chi connectivity index (χ4n) is 5.17. The minimum absolute atomic E-state index is 0.00623. The highest BCUT2D eigenvalue weighted by atomic mass is 19.3. The Kier molecular flexibility index (Phi) is 7.53. The number of nitrogens with zero attached hydrogens (tertiary/aromatic N) is 7. The molecule has 1 N–H and O–H groups in total. The van der Waals surface area contributed by atoms with Gasteiger partial charge in [-0.1, -0.05) is 12.1 Å². The van der Waals surface area contributed by atoms with E-state index >= 15 is 0 Å². The number of hydrogen-bond acceptors (Lipinski definition) is 9. The molecule has 3 fully saturated rings. The third-order valence-electron chi connectivity index (χ3n) is 7.34. The van der Waals surface area contributed by atoms with E-state index in [1.165, 1.54) is 4.57 Å². The first-order valence-electron chi connectivity index (χ1n) is 13.4. The van der Waals surface area contributed by atoms with Crippen molar-refractivity contribution in [3.63, 3.8) is 0 Å². The number of para-hydroxylation sites is 2. The fourth-order valence-corrected chi connectivity index (χ4v) is 5.17. The lowest BCUT2D eigenvalue weighted by Crippen LogP contribution is -2.57. The van der Waals surface area contributed by atoms with E-state index in [-0.39, 0.29) is 17.8 Å².